The lowest BCUT2D eigenvalue weighted by Crippen LogP contribution is -2.18. The number of nitrogens with two attached hydrogens (primary N) is 1. The molecule has 0 saturated heterocycles. The number of nitrogens with zero attached hydrogens (tertiary/aromatic N) is 2. The highest BCUT2D eigenvalue weighted by Crippen LogP contribution is 2.16. The molecule has 1 heterocycles. The molecular weight excluding hydrogens is 246 g/mol. The highest BCUT2D eigenvalue weighted by molar-refractivity contribution is 5.25. The monoisotopic (exact) mass is 271 g/mol. The van der Waals surface area contributed by atoms with Crippen LogP contribution < -0.4 is 5.73 Å². The molecule has 0 aliphatic carbocycles. The van der Waals surface area contributed by atoms with E-state index in [-0.39, 0.29) is 6.04 Å². The maximum absolute atomic E-state index is 6.31. The molecule has 0 fully saturated rings. The Bertz CT molecular complexity index is 525. The van der Waals surface area contributed by atoms with E-state index in [1.54, 1.807) is 0 Å². The second-order valence-corrected chi connectivity index (χ2v) is 5.80. The first-order chi connectivity index (χ1) is 9.60. The van der Waals surface area contributed by atoms with E-state index in [0.717, 1.165) is 25.2 Å². The van der Waals surface area contributed by atoms with Crippen molar-refractivity contribution in [3.8, 4) is 0 Å². The van der Waals surface area contributed by atoms with Gasteiger partial charge in [0.05, 0.1) is 0 Å². The molecule has 2 rings (SSSR count). The van der Waals surface area contributed by atoms with Gasteiger partial charge in [0.1, 0.15) is 5.82 Å². The first-order valence-corrected chi connectivity index (χ1v) is 7.44. The van der Waals surface area contributed by atoms with E-state index in [9.17, 15) is 0 Å². The van der Waals surface area contributed by atoms with Gasteiger partial charge in [0.2, 0.25) is 0 Å². The first-order valence-electron chi connectivity index (χ1n) is 7.44. The van der Waals surface area contributed by atoms with Gasteiger partial charge in [-0.15, -0.1) is 0 Å². The minimum absolute atomic E-state index is 0.0163. The number of hydrogen-bond donors (Lipinski definition) is 1. The van der Waals surface area contributed by atoms with Gasteiger partial charge in [-0.2, -0.15) is 0 Å². The summed E-state index contributed by atoms with van der Waals surface area (Å²) < 4.78 is 2.15. The van der Waals surface area contributed by atoms with Crippen LogP contribution in [0.2, 0.25) is 0 Å². The third-order valence-corrected chi connectivity index (χ3v) is 3.56. The quantitative estimate of drug-likeness (QED) is 0.875. The van der Waals surface area contributed by atoms with Crippen molar-refractivity contribution in [3.05, 3.63) is 53.6 Å². The summed E-state index contributed by atoms with van der Waals surface area (Å²) in [7, 11) is 0. The third kappa shape index (κ3) is 3.70. The number of rotatable bonds is 6. The molecule has 0 radical (unpaired) electrons. The molecule has 3 heteroatoms. The standard InChI is InChI=1S/C17H25N3/c1-4-17-19-9-10-20(17)12-16(18)15-7-5-14(6-8-15)11-13(2)3/h5-10,13,16H,4,11-12,18H2,1-3H3. The van der Waals surface area contributed by atoms with Crippen LogP contribution in [0.5, 0.6) is 0 Å². The lowest BCUT2D eigenvalue weighted by atomic mass is 9.99. The summed E-state index contributed by atoms with van der Waals surface area (Å²) in [6, 6.07) is 8.73. The predicted molar refractivity (Wildman–Crippen MR) is 83.5 cm³/mol. The smallest absolute Gasteiger partial charge is 0.108 e. The SMILES string of the molecule is CCc1nccn1CC(N)c1ccc(CC(C)C)cc1. The molecule has 0 aliphatic rings. The van der Waals surface area contributed by atoms with E-state index >= 15 is 0 Å². The van der Waals surface area contributed by atoms with Crippen molar-refractivity contribution >= 4 is 0 Å². The summed E-state index contributed by atoms with van der Waals surface area (Å²) in [4.78, 5) is 4.34. The second kappa shape index (κ2) is 6.71. The number of aryl methyl sites for hydroxylation is 1. The van der Waals surface area contributed by atoms with Gasteiger partial charge in [-0.05, 0) is 23.5 Å². The summed E-state index contributed by atoms with van der Waals surface area (Å²) in [5.74, 6) is 1.78. The maximum atomic E-state index is 6.31. The largest absolute Gasteiger partial charge is 0.333 e. The van der Waals surface area contributed by atoms with Gasteiger partial charge in [-0.25, -0.2) is 4.98 Å². The van der Waals surface area contributed by atoms with Crippen molar-refractivity contribution in [2.45, 2.75) is 46.2 Å². The zero-order valence-corrected chi connectivity index (χ0v) is 12.7. The fraction of sp³-hybridized carbons (Fsp3) is 0.471. The molecule has 1 atom stereocenters. The van der Waals surface area contributed by atoms with Crippen molar-refractivity contribution < 1.29 is 0 Å². The minimum atomic E-state index is 0.0163. The Morgan fingerprint density at radius 1 is 1.20 bits per heavy atom. The fourth-order valence-corrected chi connectivity index (χ4v) is 2.51. The second-order valence-electron chi connectivity index (χ2n) is 5.80. The highest BCUT2D eigenvalue weighted by Gasteiger charge is 2.09. The molecule has 2 aromatic rings. The fourth-order valence-electron chi connectivity index (χ4n) is 2.51. The molecule has 0 aliphatic heterocycles. The van der Waals surface area contributed by atoms with E-state index in [2.05, 4.69) is 54.6 Å². The number of imidazole rings is 1. The van der Waals surface area contributed by atoms with Crippen molar-refractivity contribution in [2.75, 3.05) is 0 Å². The normalized spacial score (nSPS) is 12.8. The number of hydrogen-bond acceptors (Lipinski definition) is 2. The summed E-state index contributed by atoms with van der Waals surface area (Å²) >= 11 is 0. The summed E-state index contributed by atoms with van der Waals surface area (Å²) in [5, 5.41) is 0. The van der Waals surface area contributed by atoms with Gasteiger partial charge in [0.15, 0.2) is 0 Å². The van der Waals surface area contributed by atoms with Crippen LogP contribution in [0.3, 0.4) is 0 Å². The molecule has 0 bridgehead atoms. The van der Waals surface area contributed by atoms with E-state index in [1.807, 2.05) is 12.4 Å². The Hall–Kier alpha value is -1.61. The summed E-state index contributed by atoms with van der Waals surface area (Å²) in [6.07, 6.45) is 5.91. The van der Waals surface area contributed by atoms with Crippen molar-refractivity contribution in [1.29, 1.82) is 0 Å². The Labute approximate surface area is 121 Å². The van der Waals surface area contributed by atoms with Gasteiger partial charge in [-0.3, -0.25) is 0 Å². The molecule has 3 nitrogen and oxygen atoms in total. The van der Waals surface area contributed by atoms with Gasteiger partial charge in [0, 0.05) is 31.4 Å². The van der Waals surface area contributed by atoms with Crippen LogP contribution in [-0.4, -0.2) is 9.55 Å². The molecule has 1 aromatic heterocycles. The molecule has 0 spiro atoms. The summed E-state index contributed by atoms with van der Waals surface area (Å²) in [5.41, 5.74) is 8.88. The Kier molecular flexibility index (Phi) is 4.96. The lowest BCUT2D eigenvalue weighted by molar-refractivity contribution is 0.557. The van der Waals surface area contributed by atoms with Gasteiger partial charge >= 0.3 is 0 Å². The van der Waals surface area contributed by atoms with Crippen molar-refractivity contribution in [1.82, 2.24) is 9.55 Å². The molecular formula is C17H25N3. The zero-order chi connectivity index (χ0) is 14.5. The van der Waals surface area contributed by atoms with Crippen LogP contribution in [0, 0.1) is 5.92 Å². The highest BCUT2D eigenvalue weighted by atomic mass is 15.1. The molecule has 0 amide bonds. The van der Waals surface area contributed by atoms with Gasteiger partial charge in [-0.1, -0.05) is 45.0 Å². The molecule has 2 N–H and O–H groups in total. The maximum Gasteiger partial charge on any atom is 0.108 e. The van der Waals surface area contributed by atoms with E-state index in [0.29, 0.717) is 5.92 Å². The molecule has 0 saturated carbocycles. The van der Waals surface area contributed by atoms with Crippen LogP contribution in [0.15, 0.2) is 36.7 Å². The van der Waals surface area contributed by atoms with E-state index in [1.165, 1.54) is 11.1 Å². The molecule has 1 aromatic carbocycles. The van der Waals surface area contributed by atoms with E-state index in [4.69, 9.17) is 5.73 Å². The number of benzene rings is 1. The predicted octanol–water partition coefficient (Wildman–Crippen LogP) is 3.34. The van der Waals surface area contributed by atoms with Crippen LogP contribution in [0.1, 0.15) is 43.8 Å². The van der Waals surface area contributed by atoms with Crippen LogP contribution in [0.4, 0.5) is 0 Å². The molecule has 20 heavy (non-hydrogen) atoms. The Morgan fingerprint density at radius 3 is 2.50 bits per heavy atom. The first kappa shape index (κ1) is 14.8. The van der Waals surface area contributed by atoms with Crippen LogP contribution in [-0.2, 0) is 19.4 Å². The third-order valence-electron chi connectivity index (χ3n) is 3.56. The average molecular weight is 271 g/mol. The number of aromatic nitrogens is 2. The van der Waals surface area contributed by atoms with Gasteiger partial charge in [0.25, 0.3) is 0 Å². The minimum Gasteiger partial charge on any atom is -0.333 e. The topological polar surface area (TPSA) is 43.8 Å². The van der Waals surface area contributed by atoms with E-state index < -0.39 is 0 Å². The molecule has 1 unspecified atom stereocenters. The zero-order valence-electron chi connectivity index (χ0n) is 12.7. The average Bonchev–Trinajstić information content (AvgIpc) is 2.86. The lowest BCUT2D eigenvalue weighted by Gasteiger charge is -2.15. The van der Waals surface area contributed by atoms with Crippen molar-refractivity contribution in [3.63, 3.8) is 0 Å². The Balaban J connectivity index is 2.04. The van der Waals surface area contributed by atoms with Crippen molar-refractivity contribution in [2.24, 2.45) is 11.7 Å². The Morgan fingerprint density at radius 2 is 1.90 bits per heavy atom. The van der Waals surface area contributed by atoms with Crippen LogP contribution >= 0.6 is 0 Å². The van der Waals surface area contributed by atoms with Gasteiger partial charge < -0.3 is 10.3 Å². The summed E-state index contributed by atoms with van der Waals surface area (Å²) in [6.45, 7) is 7.38. The molecule has 108 valence electrons. The van der Waals surface area contributed by atoms with Crippen LogP contribution in [0.25, 0.3) is 0 Å².